The summed E-state index contributed by atoms with van der Waals surface area (Å²) in [7, 11) is 4.53. The molecule has 8 heteroatoms. The van der Waals surface area contributed by atoms with Gasteiger partial charge < -0.3 is 24.0 Å². The molecule has 0 atom stereocenters. The van der Waals surface area contributed by atoms with Gasteiger partial charge in [0.25, 0.3) is 5.91 Å². The molecule has 1 aromatic rings. The van der Waals surface area contributed by atoms with Crippen LogP contribution in [-0.4, -0.2) is 75.0 Å². The number of ether oxygens (including phenoxy) is 3. The Morgan fingerprint density at radius 3 is 1.92 bits per heavy atom. The fourth-order valence-electron chi connectivity index (χ4n) is 2.79. The Morgan fingerprint density at radius 2 is 1.48 bits per heavy atom. The molecule has 1 aliphatic rings. The number of benzene rings is 1. The molecule has 0 radical (unpaired) electrons. The standard InChI is InChI=1S/C17H23ClN2O5/c1-23-13-10-12(11-14(24-2)16(13)25-3)17(22)20-8-6-19(7-9-20)15(21)4-5-18/h10-11H,4-9H2,1-3H3. The molecule has 0 bridgehead atoms. The van der Waals surface area contributed by atoms with Gasteiger partial charge in [0.1, 0.15) is 0 Å². The summed E-state index contributed by atoms with van der Waals surface area (Å²) in [6.45, 7) is 1.96. The van der Waals surface area contributed by atoms with E-state index in [4.69, 9.17) is 25.8 Å². The zero-order valence-electron chi connectivity index (χ0n) is 14.7. The first kappa shape index (κ1) is 19.2. The summed E-state index contributed by atoms with van der Waals surface area (Å²) in [6.07, 6.45) is 0.322. The van der Waals surface area contributed by atoms with E-state index in [2.05, 4.69) is 0 Å². The topological polar surface area (TPSA) is 68.3 Å². The summed E-state index contributed by atoms with van der Waals surface area (Å²) in [5.74, 6) is 1.50. The van der Waals surface area contributed by atoms with Crippen molar-refractivity contribution in [1.29, 1.82) is 0 Å². The third kappa shape index (κ3) is 4.28. The van der Waals surface area contributed by atoms with Gasteiger partial charge in [0, 0.05) is 44.0 Å². The fraction of sp³-hybridized carbons (Fsp3) is 0.529. The third-order valence-corrected chi connectivity index (χ3v) is 4.33. The monoisotopic (exact) mass is 370 g/mol. The summed E-state index contributed by atoms with van der Waals surface area (Å²) in [4.78, 5) is 28.1. The van der Waals surface area contributed by atoms with Crippen molar-refractivity contribution in [2.24, 2.45) is 0 Å². The summed E-state index contributed by atoms with van der Waals surface area (Å²) >= 11 is 5.61. The van der Waals surface area contributed by atoms with Gasteiger partial charge in [0.05, 0.1) is 21.3 Å². The Hall–Kier alpha value is -2.15. The molecule has 2 amide bonds. The van der Waals surface area contributed by atoms with Gasteiger partial charge in [-0.1, -0.05) is 0 Å². The number of carbonyl (C=O) groups is 2. The number of nitrogens with zero attached hydrogens (tertiary/aromatic N) is 2. The van der Waals surface area contributed by atoms with Crippen molar-refractivity contribution in [3.63, 3.8) is 0 Å². The molecule has 0 aliphatic carbocycles. The van der Waals surface area contributed by atoms with E-state index in [9.17, 15) is 9.59 Å². The normalized spacial score (nSPS) is 14.2. The predicted octanol–water partition coefficient (Wildman–Crippen LogP) is 1.63. The molecule has 7 nitrogen and oxygen atoms in total. The lowest BCUT2D eigenvalue weighted by Gasteiger charge is -2.35. The minimum atomic E-state index is -0.135. The number of piperazine rings is 1. The molecule has 1 aliphatic heterocycles. The Labute approximate surface area is 152 Å². The van der Waals surface area contributed by atoms with Crippen LogP contribution in [0.15, 0.2) is 12.1 Å². The molecule has 0 N–H and O–H groups in total. The van der Waals surface area contributed by atoms with Gasteiger partial charge in [0.15, 0.2) is 11.5 Å². The van der Waals surface area contributed by atoms with E-state index in [0.29, 0.717) is 61.3 Å². The van der Waals surface area contributed by atoms with Gasteiger partial charge in [-0.25, -0.2) is 0 Å². The van der Waals surface area contributed by atoms with Crippen LogP contribution < -0.4 is 14.2 Å². The number of hydrogen-bond donors (Lipinski definition) is 0. The van der Waals surface area contributed by atoms with E-state index in [-0.39, 0.29) is 11.8 Å². The van der Waals surface area contributed by atoms with E-state index in [1.165, 1.54) is 21.3 Å². The zero-order valence-corrected chi connectivity index (χ0v) is 15.5. The van der Waals surface area contributed by atoms with Crippen LogP contribution in [-0.2, 0) is 4.79 Å². The number of amides is 2. The average Bonchev–Trinajstić information content (AvgIpc) is 2.66. The minimum absolute atomic E-state index is 0.0230. The van der Waals surface area contributed by atoms with Gasteiger partial charge in [-0.15, -0.1) is 11.6 Å². The van der Waals surface area contributed by atoms with Crippen LogP contribution in [0, 0.1) is 0 Å². The molecule has 1 heterocycles. The first-order valence-corrected chi connectivity index (χ1v) is 8.52. The lowest BCUT2D eigenvalue weighted by atomic mass is 10.1. The minimum Gasteiger partial charge on any atom is -0.493 e. The van der Waals surface area contributed by atoms with Crippen molar-refractivity contribution in [1.82, 2.24) is 9.80 Å². The van der Waals surface area contributed by atoms with Gasteiger partial charge in [-0.2, -0.15) is 0 Å². The van der Waals surface area contributed by atoms with Crippen LogP contribution in [0.5, 0.6) is 17.2 Å². The molecule has 0 spiro atoms. The number of halogens is 1. The Kier molecular flexibility index (Phi) is 6.75. The van der Waals surface area contributed by atoms with Crippen molar-refractivity contribution < 1.29 is 23.8 Å². The van der Waals surface area contributed by atoms with Crippen LogP contribution in [0.25, 0.3) is 0 Å². The zero-order chi connectivity index (χ0) is 18.4. The van der Waals surface area contributed by atoms with Gasteiger partial charge in [0.2, 0.25) is 11.7 Å². The highest BCUT2D eigenvalue weighted by molar-refractivity contribution is 6.18. The van der Waals surface area contributed by atoms with Crippen molar-refractivity contribution in [3.05, 3.63) is 17.7 Å². The molecule has 2 rings (SSSR count). The lowest BCUT2D eigenvalue weighted by molar-refractivity contribution is -0.132. The van der Waals surface area contributed by atoms with Crippen LogP contribution in [0.1, 0.15) is 16.8 Å². The maximum atomic E-state index is 12.8. The molecule has 1 aromatic carbocycles. The van der Waals surface area contributed by atoms with E-state index in [1.807, 2.05) is 0 Å². The first-order valence-electron chi connectivity index (χ1n) is 7.98. The van der Waals surface area contributed by atoms with Gasteiger partial charge in [-0.3, -0.25) is 9.59 Å². The summed E-state index contributed by atoms with van der Waals surface area (Å²) in [6, 6.07) is 3.27. The van der Waals surface area contributed by atoms with Crippen LogP contribution in [0.2, 0.25) is 0 Å². The number of rotatable bonds is 6. The molecule has 0 unspecified atom stereocenters. The van der Waals surface area contributed by atoms with E-state index >= 15 is 0 Å². The van der Waals surface area contributed by atoms with Crippen molar-refractivity contribution >= 4 is 23.4 Å². The summed E-state index contributed by atoms with van der Waals surface area (Å²) < 4.78 is 15.9. The number of hydrogen-bond acceptors (Lipinski definition) is 5. The largest absolute Gasteiger partial charge is 0.493 e. The molecule has 138 valence electrons. The third-order valence-electron chi connectivity index (χ3n) is 4.14. The Bertz CT molecular complexity index is 604. The molecule has 1 saturated heterocycles. The van der Waals surface area contributed by atoms with E-state index in [0.717, 1.165) is 0 Å². The highest BCUT2D eigenvalue weighted by Gasteiger charge is 2.26. The SMILES string of the molecule is COc1cc(C(=O)N2CCN(C(=O)CCCl)CC2)cc(OC)c1OC. The van der Waals surface area contributed by atoms with Crippen LogP contribution >= 0.6 is 11.6 Å². The van der Waals surface area contributed by atoms with Crippen molar-refractivity contribution in [2.45, 2.75) is 6.42 Å². The highest BCUT2D eigenvalue weighted by Crippen LogP contribution is 2.38. The molecule has 25 heavy (non-hydrogen) atoms. The first-order chi connectivity index (χ1) is 12.0. The fourth-order valence-corrected chi connectivity index (χ4v) is 2.95. The lowest BCUT2D eigenvalue weighted by Crippen LogP contribution is -2.50. The maximum absolute atomic E-state index is 12.8. The molecular weight excluding hydrogens is 348 g/mol. The Balaban J connectivity index is 2.12. The van der Waals surface area contributed by atoms with Gasteiger partial charge >= 0.3 is 0 Å². The molecular formula is C17H23ClN2O5. The molecule has 0 aromatic heterocycles. The average molecular weight is 371 g/mol. The second-order valence-electron chi connectivity index (χ2n) is 5.53. The summed E-state index contributed by atoms with van der Waals surface area (Å²) in [5, 5.41) is 0. The van der Waals surface area contributed by atoms with Gasteiger partial charge in [-0.05, 0) is 12.1 Å². The van der Waals surface area contributed by atoms with Crippen molar-refractivity contribution in [3.8, 4) is 17.2 Å². The second-order valence-corrected chi connectivity index (χ2v) is 5.90. The van der Waals surface area contributed by atoms with Crippen LogP contribution in [0.3, 0.4) is 0 Å². The van der Waals surface area contributed by atoms with E-state index in [1.54, 1.807) is 21.9 Å². The maximum Gasteiger partial charge on any atom is 0.254 e. The van der Waals surface area contributed by atoms with Crippen molar-refractivity contribution in [2.75, 3.05) is 53.4 Å². The second kappa shape index (κ2) is 8.80. The predicted molar refractivity (Wildman–Crippen MR) is 93.9 cm³/mol. The number of carbonyl (C=O) groups excluding carboxylic acids is 2. The quantitative estimate of drug-likeness (QED) is 0.712. The number of methoxy groups -OCH3 is 3. The molecule has 0 saturated carbocycles. The van der Waals surface area contributed by atoms with E-state index < -0.39 is 0 Å². The van der Waals surface area contributed by atoms with Crippen LogP contribution in [0.4, 0.5) is 0 Å². The summed E-state index contributed by atoms with van der Waals surface area (Å²) in [5.41, 5.74) is 0.454. The highest BCUT2D eigenvalue weighted by atomic mass is 35.5. The Morgan fingerprint density at radius 1 is 0.960 bits per heavy atom. The molecule has 1 fully saturated rings. The number of alkyl halides is 1. The smallest absolute Gasteiger partial charge is 0.254 e.